The van der Waals surface area contributed by atoms with Crippen LogP contribution in [0.25, 0.3) is 11.6 Å². The SMILES string of the molecule is COc1ccc(C(C(=O)NC(C)(C)C)N(C(=O)Cn2nnc(-c3ccc(C)o3)n2)c2ccccc2)cc1. The Kier molecular flexibility index (Phi) is 7.37. The van der Waals surface area contributed by atoms with Gasteiger partial charge < -0.3 is 14.5 Å². The van der Waals surface area contributed by atoms with Gasteiger partial charge in [-0.1, -0.05) is 30.3 Å². The molecule has 1 unspecified atom stereocenters. The van der Waals surface area contributed by atoms with Crippen LogP contribution in [-0.2, 0) is 16.1 Å². The van der Waals surface area contributed by atoms with Gasteiger partial charge in [-0.3, -0.25) is 14.5 Å². The van der Waals surface area contributed by atoms with Gasteiger partial charge in [-0.25, -0.2) is 0 Å². The van der Waals surface area contributed by atoms with Crippen LogP contribution in [0.4, 0.5) is 5.69 Å². The number of rotatable bonds is 8. The molecule has 10 heteroatoms. The number of aromatic nitrogens is 4. The molecule has 2 aromatic heterocycles. The van der Waals surface area contributed by atoms with E-state index in [4.69, 9.17) is 9.15 Å². The fraction of sp³-hybridized carbons (Fsp3) is 0.296. The molecule has 0 saturated carbocycles. The minimum absolute atomic E-state index is 0.239. The van der Waals surface area contributed by atoms with E-state index in [1.165, 1.54) is 9.70 Å². The highest BCUT2D eigenvalue weighted by Crippen LogP contribution is 2.30. The monoisotopic (exact) mass is 502 g/mol. The molecule has 0 fully saturated rings. The fourth-order valence-electron chi connectivity index (χ4n) is 3.83. The summed E-state index contributed by atoms with van der Waals surface area (Å²) in [4.78, 5) is 30.2. The lowest BCUT2D eigenvalue weighted by molar-refractivity contribution is -0.128. The quantitative estimate of drug-likeness (QED) is 0.388. The molecular weight excluding hydrogens is 472 g/mol. The highest BCUT2D eigenvalue weighted by molar-refractivity contribution is 6.01. The maximum atomic E-state index is 13.8. The first-order valence-electron chi connectivity index (χ1n) is 11.8. The molecule has 10 nitrogen and oxygen atoms in total. The van der Waals surface area contributed by atoms with Crippen LogP contribution >= 0.6 is 0 Å². The van der Waals surface area contributed by atoms with E-state index in [9.17, 15) is 9.59 Å². The molecule has 0 aliphatic rings. The molecule has 4 rings (SSSR count). The van der Waals surface area contributed by atoms with Crippen LogP contribution in [0.15, 0.2) is 71.1 Å². The maximum absolute atomic E-state index is 13.8. The number of benzene rings is 2. The van der Waals surface area contributed by atoms with Crippen LogP contribution in [0.5, 0.6) is 5.75 Å². The van der Waals surface area contributed by atoms with Crippen molar-refractivity contribution < 1.29 is 18.7 Å². The van der Waals surface area contributed by atoms with Crippen molar-refractivity contribution in [2.45, 2.75) is 45.8 Å². The summed E-state index contributed by atoms with van der Waals surface area (Å²) >= 11 is 0. The topological polar surface area (TPSA) is 115 Å². The zero-order valence-corrected chi connectivity index (χ0v) is 21.5. The lowest BCUT2D eigenvalue weighted by atomic mass is 10.0. The zero-order chi connectivity index (χ0) is 26.6. The maximum Gasteiger partial charge on any atom is 0.251 e. The number of nitrogens with one attached hydrogen (secondary N) is 1. The Balaban J connectivity index is 1.72. The average molecular weight is 503 g/mol. The molecule has 1 N–H and O–H groups in total. The van der Waals surface area contributed by atoms with Crippen molar-refractivity contribution in [3.05, 3.63) is 78.1 Å². The van der Waals surface area contributed by atoms with E-state index in [1.807, 2.05) is 45.9 Å². The third kappa shape index (κ3) is 6.21. The number of amides is 2. The predicted octanol–water partition coefficient (Wildman–Crippen LogP) is 3.94. The first-order chi connectivity index (χ1) is 17.6. The average Bonchev–Trinajstić information content (AvgIpc) is 3.50. The second kappa shape index (κ2) is 10.7. The predicted molar refractivity (Wildman–Crippen MR) is 138 cm³/mol. The van der Waals surface area contributed by atoms with E-state index < -0.39 is 17.5 Å². The van der Waals surface area contributed by atoms with Gasteiger partial charge in [0.25, 0.3) is 5.91 Å². The van der Waals surface area contributed by atoms with Gasteiger partial charge in [0, 0.05) is 11.2 Å². The highest BCUT2D eigenvalue weighted by Gasteiger charge is 2.35. The molecule has 0 radical (unpaired) electrons. The molecule has 0 aliphatic heterocycles. The number of methoxy groups -OCH3 is 1. The minimum Gasteiger partial charge on any atom is -0.497 e. The standard InChI is InChI=1S/C27H30N6O4/c1-18-11-16-22(37-18)25-29-31-32(30-25)17-23(34)33(20-9-7-6-8-10-20)24(26(35)28-27(2,3)4)19-12-14-21(36-5)15-13-19/h6-16,24H,17H2,1-5H3,(H,28,35). The molecule has 0 saturated heterocycles. The molecule has 0 aliphatic carbocycles. The smallest absolute Gasteiger partial charge is 0.251 e. The van der Waals surface area contributed by atoms with E-state index in [0.29, 0.717) is 28.5 Å². The summed E-state index contributed by atoms with van der Waals surface area (Å²) in [7, 11) is 1.57. The molecular formula is C27H30N6O4. The molecule has 0 spiro atoms. The number of nitrogens with zero attached hydrogens (tertiary/aromatic N) is 5. The van der Waals surface area contributed by atoms with E-state index in [0.717, 1.165) is 0 Å². The minimum atomic E-state index is -0.962. The van der Waals surface area contributed by atoms with Crippen molar-refractivity contribution in [3.63, 3.8) is 0 Å². The molecule has 0 bridgehead atoms. The van der Waals surface area contributed by atoms with Crippen molar-refractivity contribution >= 4 is 17.5 Å². The number of hydrogen-bond acceptors (Lipinski definition) is 7. The Morgan fingerprint density at radius 2 is 1.76 bits per heavy atom. The zero-order valence-electron chi connectivity index (χ0n) is 21.5. The fourth-order valence-corrected chi connectivity index (χ4v) is 3.83. The lowest BCUT2D eigenvalue weighted by Gasteiger charge is -2.33. The van der Waals surface area contributed by atoms with Gasteiger partial charge in [0.1, 0.15) is 24.1 Å². The number of aryl methyl sites for hydroxylation is 1. The molecule has 192 valence electrons. The first kappa shape index (κ1) is 25.6. The molecule has 4 aromatic rings. The molecule has 2 heterocycles. The number of carbonyl (C=O) groups excluding carboxylic acids is 2. The van der Waals surface area contributed by atoms with Crippen LogP contribution < -0.4 is 15.0 Å². The molecule has 1 atom stereocenters. The Hall–Kier alpha value is -4.47. The third-order valence-electron chi connectivity index (χ3n) is 5.43. The first-order valence-corrected chi connectivity index (χ1v) is 11.8. The Morgan fingerprint density at radius 1 is 1.05 bits per heavy atom. The van der Waals surface area contributed by atoms with Gasteiger partial charge in [0.15, 0.2) is 5.76 Å². The number of hydrogen-bond donors (Lipinski definition) is 1. The second-order valence-electron chi connectivity index (χ2n) is 9.57. The summed E-state index contributed by atoms with van der Waals surface area (Å²) in [6.07, 6.45) is 0. The van der Waals surface area contributed by atoms with E-state index in [-0.39, 0.29) is 18.3 Å². The van der Waals surface area contributed by atoms with Crippen LogP contribution in [0.2, 0.25) is 0 Å². The van der Waals surface area contributed by atoms with Gasteiger partial charge in [-0.2, -0.15) is 4.80 Å². The number of ether oxygens (including phenoxy) is 1. The molecule has 2 aromatic carbocycles. The van der Waals surface area contributed by atoms with Crippen molar-refractivity contribution in [1.29, 1.82) is 0 Å². The Morgan fingerprint density at radius 3 is 2.35 bits per heavy atom. The van der Waals surface area contributed by atoms with Gasteiger partial charge in [0.2, 0.25) is 11.7 Å². The van der Waals surface area contributed by atoms with Crippen molar-refractivity contribution in [2.24, 2.45) is 0 Å². The van der Waals surface area contributed by atoms with Crippen LogP contribution in [-0.4, -0.2) is 44.7 Å². The normalized spacial score (nSPS) is 12.1. The molecule has 37 heavy (non-hydrogen) atoms. The Labute approximate surface area is 215 Å². The van der Waals surface area contributed by atoms with Crippen molar-refractivity contribution in [2.75, 3.05) is 12.0 Å². The second-order valence-corrected chi connectivity index (χ2v) is 9.57. The third-order valence-corrected chi connectivity index (χ3v) is 5.43. The van der Waals surface area contributed by atoms with E-state index >= 15 is 0 Å². The number of furan rings is 1. The number of tetrazole rings is 1. The van der Waals surface area contributed by atoms with Crippen molar-refractivity contribution in [3.8, 4) is 17.3 Å². The highest BCUT2D eigenvalue weighted by atomic mass is 16.5. The number of carbonyl (C=O) groups is 2. The Bertz CT molecular complexity index is 1360. The van der Waals surface area contributed by atoms with E-state index in [1.54, 1.807) is 55.6 Å². The van der Waals surface area contributed by atoms with Crippen LogP contribution in [0, 0.1) is 6.92 Å². The van der Waals surface area contributed by atoms with Crippen LogP contribution in [0.1, 0.15) is 38.1 Å². The summed E-state index contributed by atoms with van der Waals surface area (Å²) < 4.78 is 10.8. The number of anilines is 1. The van der Waals surface area contributed by atoms with E-state index in [2.05, 4.69) is 20.7 Å². The summed E-state index contributed by atoms with van der Waals surface area (Å²) in [6.45, 7) is 7.25. The summed E-state index contributed by atoms with van der Waals surface area (Å²) in [6, 6.07) is 18.7. The summed E-state index contributed by atoms with van der Waals surface area (Å²) in [5.41, 5.74) is 0.661. The lowest BCUT2D eigenvalue weighted by Crippen LogP contribution is -2.50. The summed E-state index contributed by atoms with van der Waals surface area (Å²) in [5.74, 6) is 1.36. The molecule has 2 amide bonds. The van der Waals surface area contributed by atoms with Crippen LogP contribution in [0.3, 0.4) is 0 Å². The summed E-state index contributed by atoms with van der Waals surface area (Å²) in [5, 5.41) is 15.4. The van der Waals surface area contributed by atoms with Gasteiger partial charge in [-0.05, 0) is 74.9 Å². The largest absolute Gasteiger partial charge is 0.497 e. The number of para-hydroxylation sites is 1. The van der Waals surface area contributed by atoms with Gasteiger partial charge in [0.05, 0.1) is 7.11 Å². The van der Waals surface area contributed by atoms with Gasteiger partial charge in [-0.15, -0.1) is 10.2 Å². The van der Waals surface area contributed by atoms with Crippen molar-refractivity contribution in [1.82, 2.24) is 25.5 Å². The van der Waals surface area contributed by atoms with Gasteiger partial charge >= 0.3 is 0 Å².